The van der Waals surface area contributed by atoms with Crippen molar-refractivity contribution >= 4 is 28.4 Å². The Morgan fingerprint density at radius 2 is 2.08 bits per heavy atom. The standard InChI is InChI=1S/C10H13IN2/c11-8-5-6-10(12-7-8)13-9-3-1-2-4-9/h5-7,9H,1-4H2,(H,12,13). The van der Waals surface area contributed by atoms with Gasteiger partial charge in [0.2, 0.25) is 0 Å². The minimum absolute atomic E-state index is 0.660. The lowest BCUT2D eigenvalue weighted by Crippen LogP contribution is -2.15. The first-order valence-corrected chi connectivity index (χ1v) is 5.80. The van der Waals surface area contributed by atoms with E-state index >= 15 is 0 Å². The fourth-order valence-corrected chi connectivity index (χ4v) is 2.06. The number of pyridine rings is 1. The van der Waals surface area contributed by atoms with Crippen LogP contribution in [0, 0.1) is 3.57 Å². The van der Waals surface area contributed by atoms with Crippen LogP contribution >= 0.6 is 22.6 Å². The summed E-state index contributed by atoms with van der Waals surface area (Å²) in [6.45, 7) is 0. The Hall–Kier alpha value is -0.320. The first kappa shape index (κ1) is 9.24. The summed E-state index contributed by atoms with van der Waals surface area (Å²) in [6.07, 6.45) is 7.23. The van der Waals surface area contributed by atoms with Crippen molar-refractivity contribution in [2.45, 2.75) is 31.7 Å². The molecule has 70 valence electrons. The summed E-state index contributed by atoms with van der Waals surface area (Å²) in [5.41, 5.74) is 0. The molecule has 3 heteroatoms. The van der Waals surface area contributed by atoms with E-state index in [0.29, 0.717) is 6.04 Å². The molecule has 1 aliphatic rings. The van der Waals surface area contributed by atoms with Crippen LogP contribution in [-0.4, -0.2) is 11.0 Å². The highest BCUT2D eigenvalue weighted by atomic mass is 127. The maximum atomic E-state index is 4.32. The Bertz CT molecular complexity index is 265. The molecule has 1 heterocycles. The third kappa shape index (κ3) is 2.56. The average molecular weight is 288 g/mol. The van der Waals surface area contributed by atoms with Crippen molar-refractivity contribution in [2.24, 2.45) is 0 Å². The summed E-state index contributed by atoms with van der Waals surface area (Å²) in [5.74, 6) is 1.02. The van der Waals surface area contributed by atoms with Crippen LogP contribution in [0.4, 0.5) is 5.82 Å². The minimum Gasteiger partial charge on any atom is -0.367 e. The Kier molecular flexibility index (Phi) is 3.03. The average Bonchev–Trinajstić information content (AvgIpc) is 2.62. The van der Waals surface area contributed by atoms with Gasteiger partial charge in [-0.15, -0.1) is 0 Å². The van der Waals surface area contributed by atoms with Crippen molar-refractivity contribution in [3.8, 4) is 0 Å². The van der Waals surface area contributed by atoms with Crippen LogP contribution in [-0.2, 0) is 0 Å². The highest BCUT2D eigenvalue weighted by molar-refractivity contribution is 14.1. The maximum absolute atomic E-state index is 4.32. The third-order valence-corrected chi connectivity index (χ3v) is 3.07. The van der Waals surface area contributed by atoms with Crippen LogP contribution in [0.15, 0.2) is 18.3 Å². The molecule has 1 aromatic heterocycles. The van der Waals surface area contributed by atoms with Gasteiger partial charge in [-0.05, 0) is 47.6 Å². The summed E-state index contributed by atoms with van der Waals surface area (Å²) in [5, 5.41) is 3.45. The van der Waals surface area contributed by atoms with E-state index in [9.17, 15) is 0 Å². The smallest absolute Gasteiger partial charge is 0.126 e. The zero-order valence-corrected chi connectivity index (χ0v) is 9.62. The van der Waals surface area contributed by atoms with Crippen molar-refractivity contribution in [3.05, 3.63) is 21.9 Å². The van der Waals surface area contributed by atoms with Gasteiger partial charge in [0.25, 0.3) is 0 Å². The van der Waals surface area contributed by atoms with Crippen LogP contribution in [0.2, 0.25) is 0 Å². The molecule has 1 saturated carbocycles. The van der Waals surface area contributed by atoms with Crippen LogP contribution in [0.1, 0.15) is 25.7 Å². The molecule has 0 aliphatic heterocycles. The second-order valence-electron chi connectivity index (χ2n) is 3.49. The monoisotopic (exact) mass is 288 g/mol. The van der Waals surface area contributed by atoms with E-state index in [2.05, 4.69) is 45.0 Å². The zero-order valence-electron chi connectivity index (χ0n) is 7.46. The van der Waals surface area contributed by atoms with E-state index in [4.69, 9.17) is 0 Å². The molecular weight excluding hydrogens is 275 g/mol. The fourth-order valence-electron chi connectivity index (χ4n) is 1.74. The van der Waals surface area contributed by atoms with Gasteiger partial charge in [-0.3, -0.25) is 0 Å². The van der Waals surface area contributed by atoms with Crippen LogP contribution in [0.3, 0.4) is 0 Å². The van der Waals surface area contributed by atoms with E-state index in [1.807, 2.05) is 6.20 Å². The molecule has 0 amide bonds. The molecule has 1 aromatic rings. The molecule has 0 radical (unpaired) electrons. The topological polar surface area (TPSA) is 24.9 Å². The van der Waals surface area contributed by atoms with Crippen molar-refractivity contribution in [1.82, 2.24) is 4.98 Å². The first-order chi connectivity index (χ1) is 6.34. The minimum atomic E-state index is 0.660. The zero-order chi connectivity index (χ0) is 9.10. The summed E-state index contributed by atoms with van der Waals surface area (Å²) in [7, 11) is 0. The Balaban J connectivity index is 1.97. The molecule has 0 spiro atoms. The molecule has 0 bridgehead atoms. The van der Waals surface area contributed by atoms with E-state index in [-0.39, 0.29) is 0 Å². The molecule has 13 heavy (non-hydrogen) atoms. The quantitative estimate of drug-likeness (QED) is 0.846. The SMILES string of the molecule is Ic1ccc(NC2CCCC2)nc1. The number of rotatable bonds is 2. The van der Waals surface area contributed by atoms with Crippen molar-refractivity contribution < 1.29 is 0 Å². The van der Waals surface area contributed by atoms with E-state index in [1.165, 1.54) is 29.3 Å². The molecule has 0 unspecified atom stereocenters. The lowest BCUT2D eigenvalue weighted by Gasteiger charge is -2.11. The van der Waals surface area contributed by atoms with Gasteiger partial charge >= 0.3 is 0 Å². The van der Waals surface area contributed by atoms with Gasteiger partial charge in [-0.2, -0.15) is 0 Å². The molecule has 1 N–H and O–H groups in total. The molecule has 0 aromatic carbocycles. The van der Waals surface area contributed by atoms with E-state index in [0.717, 1.165) is 5.82 Å². The number of hydrogen-bond donors (Lipinski definition) is 1. The van der Waals surface area contributed by atoms with Crippen LogP contribution in [0.25, 0.3) is 0 Å². The molecule has 0 saturated heterocycles. The summed E-state index contributed by atoms with van der Waals surface area (Å²) in [4.78, 5) is 4.32. The van der Waals surface area contributed by atoms with Gasteiger partial charge in [0.15, 0.2) is 0 Å². The first-order valence-electron chi connectivity index (χ1n) is 4.73. The molecule has 1 fully saturated rings. The molecule has 0 atom stereocenters. The molecular formula is C10H13IN2. The predicted octanol–water partition coefficient (Wildman–Crippen LogP) is 3.04. The van der Waals surface area contributed by atoms with Gasteiger partial charge in [-0.25, -0.2) is 4.98 Å². The van der Waals surface area contributed by atoms with Gasteiger partial charge < -0.3 is 5.32 Å². The van der Waals surface area contributed by atoms with Crippen molar-refractivity contribution in [2.75, 3.05) is 5.32 Å². The number of nitrogens with one attached hydrogen (secondary N) is 1. The van der Waals surface area contributed by atoms with Gasteiger partial charge in [0, 0.05) is 15.8 Å². The normalized spacial score (nSPS) is 17.6. The highest BCUT2D eigenvalue weighted by Crippen LogP contribution is 2.21. The fraction of sp³-hybridized carbons (Fsp3) is 0.500. The molecule has 1 aliphatic carbocycles. The number of nitrogens with zero attached hydrogens (tertiary/aromatic N) is 1. The predicted molar refractivity (Wildman–Crippen MR) is 62.8 cm³/mol. The highest BCUT2D eigenvalue weighted by Gasteiger charge is 2.14. The van der Waals surface area contributed by atoms with Gasteiger partial charge in [0.05, 0.1) is 0 Å². The Labute approximate surface area is 92.3 Å². The summed E-state index contributed by atoms with van der Waals surface area (Å²) >= 11 is 2.27. The lowest BCUT2D eigenvalue weighted by molar-refractivity contribution is 0.750. The summed E-state index contributed by atoms with van der Waals surface area (Å²) in [6, 6.07) is 4.80. The van der Waals surface area contributed by atoms with Crippen molar-refractivity contribution in [1.29, 1.82) is 0 Å². The molecule has 2 rings (SSSR count). The van der Waals surface area contributed by atoms with E-state index < -0.39 is 0 Å². The van der Waals surface area contributed by atoms with Crippen LogP contribution in [0.5, 0.6) is 0 Å². The number of anilines is 1. The van der Waals surface area contributed by atoms with Gasteiger partial charge in [0.1, 0.15) is 5.82 Å². The second kappa shape index (κ2) is 4.26. The summed E-state index contributed by atoms with van der Waals surface area (Å²) < 4.78 is 1.19. The van der Waals surface area contributed by atoms with E-state index in [1.54, 1.807) is 0 Å². The molecule has 2 nitrogen and oxygen atoms in total. The Morgan fingerprint density at radius 3 is 2.69 bits per heavy atom. The Morgan fingerprint density at radius 1 is 1.31 bits per heavy atom. The van der Waals surface area contributed by atoms with Gasteiger partial charge in [-0.1, -0.05) is 12.8 Å². The maximum Gasteiger partial charge on any atom is 0.126 e. The number of aromatic nitrogens is 1. The van der Waals surface area contributed by atoms with Crippen molar-refractivity contribution in [3.63, 3.8) is 0 Å². The number of hydrogen-bond acceptors (Lipinski definition) is 2. The third-order valence-electron chi connectivity index (χ3n) is 2.43. The number of halogens is 1. The largest absolute Gasteiger partial charge is 0.367 e. The van der Waals surface area contributed by atoms with Crippen LogP contribution < -0.4 is 5.32 Å². The second-order valence-corrected chi connectivity index (χ2v) is 4.73. The lowest BCUT2D eigenvalue weighted by atomic mass is 10.2.